The summed E-state index contributed by atoms with van der Waals surface area (Å²) in [5, 5.41) is 3.14. The summed E-state index contributed by atoms with van der Waals surface area (Å²) in [6.45, 7) is 1.54. The molecular formula is C22H21F3N4O3S. The molecule has 174 valence electrons. The lowest BCUT2D eigenvalue weighted by molar-refractivity contribution is -0.137. The quantitative estimate of drug-likeness (QED) is 0.622. The number of anilines is 2. The maximum absolute atomic E-state index is 13.3. The van der Waals surface area contributed by atoms with Crippen LogP contribution < -0.4 is 15.8 Å². The fraction of sp³-hybridized carbons (Fsp3) is 0.409. The number of thiophene rings is 1. The summed E-state index contributed by atoms with van der Waals surface area (Å²) in [5.41, 5.74) is 0.386. The maximum atomic E-state index is 13.3. The van der Waals surface area contributed by atoms with Gasteiger partial charge in [-0.3, -0.25) is 14.2 Å². The number of alkyl halides is 3. The van der Waals surface area contributed by atoms with Crippen LogP contribution in [-0.4, -0.2) is 41.8 Å². The number of rotatable bonds is 4. The summed E-state index contributed by atoms with van der Waals surface area (Å²) in [6.07, 6.45) is -0.489. The van der Waals surface area contributed by atoms with E-state index in [-0.39, 0.29) is 17.8 Å². The molecule has 1 aliphatic carbocycles. The summed E-state index contributed by atoms with van der Waals surface area (Å²) in [5.74, 6) is -0.598. The van der Waals surface area contributed by atoms with Gasteiger partial charge >= 0.3 is 6.18 Å². The Bertz CT molecular complexity index is 1280. The zero-order chi connectivity index (χ0) is 23.2. The van der Waals surface area contributed by atoms with Gasteiger partial charge in [-0.15, -0.1) is 11.3 Å². The van der Waals surface area contributed by atoms with Gasteiger partial charge < -0.3 is 15.0 Å². The minimum Gasteiger partial charge on any atom is -0.378 e. The van der Waals surface area contributed by atoms with Gasteiger partial charge in [0.2, 0.25) is 5.91 Å². The van der Waals surface area contributed by atoms with Crippen LogP contribution in [0.15, 0.2) is 29.3 Å². The number of nitrogens with zero attached hydrogens (tertiary/aromatic N) is 3. The molecule has 0 unspecified atom stereocenters. The van der Waals surface area contributed by atoms with Crippen LogP contribution in [0.3, 0.4) is 0 Å². The Morgan fingerprint density at radius 3 is 2.76 bits per heavy atom. The second-order valence-electron chi connectivity index (χ2n) is 8.09. The van der Waals surface area contributed by atoms with Crippen molar-refractivity contribution in [1.82, 2.24) is 9.55 Å². The zero-order valence-electron chi connectivity index (χ0n) is 17.6. The molecule has 11 heteroatoms. The van der Waals surface area contributed by atoms with Gasteiger partial charge in [-0.25, -0.2) is 4.98 Å². The summed E-state index contributed by atoms with van der Waals surface area (Å²) in [6, 6.07) is 3.29. The number of fused-ring (bicyclic) bond motifs is 3. The van der Waals surface area contributed by atoms with Crippen LogP contribution >= 0.6 is 11.3 Å². The minimum atomic E-state index is -4.55. The number of benzene rings is 1. The van der Waals surface area contributed by atoms with E-state index in [1.165, 1.54) is 28.3 Å². The van der Waals surface area contributed by atoms with Gasteiger partial charge in [0.1, 0.15) is 11.4 Å². The average molecular weight is 478 g/mol. The third-order valence-corrected chi connectivity index (χ3v) is 7.16. The van der Waals surface area contributed by atoms with Crippen molar-refractivity contribution in [2.24, 2.45) is 0 Å². The molecule has 7 nitrogen and oxygen atoms in total. The first-order chi connectivity index (χ1) is 15.8. The van der Waals surface area contributed by atoms with E-state index in [1.54, 1.807) is 0 Å². The molecule has 5 rings (SSSR count). The number of amides is 1. The molecule has 2 aliphatic rings. The van der Waals surface area contributed by atoms with Crippen molar-refractivity contribution in [2.75, 3.05) is 36.5 Å². The highest BCUT2D eigenvalue weighted by Crippen LogP contribution is 2.36. The number of hydrogen-bond acceptors (Lipinski definition) is 6. The molecular weight excluding hydrogens is 457 g/mol. The normalized spacial score (nSPS) is 16.3. The Balaban J connectivity index is 1.43. The highest BCUT2D eigenvalue weighted by atomic mass is 32.1. The Morgan fingerprint density at radius 2 is 2.00 bits per heavy atom. The molecule has 1 N–H and O–H groups in total. The van der Waals surface area contributed by atoms with Gasteiger partial charge in [0, 0.05) is 18.0 Å². The number of hydrogen-bond donors (Lipinski definition) is 1. The van der Waals surface area contributed by atoms with Gasteiger partial charge in [0.15, 0.2) is 0 Å². The highest BCUT2D eigenvalue weighted by molar-refractivity contribution is 7.18. The first-order valence-corrected chi connectivity index (χ1v) is 11.5. The molecule has 3 heterocycles. The van der Waals surface area contributed by atoms with Gasteiger partial charge in [-0.2, -0.15) is 13.2 Å². The molecule has 3 aromatic rings. The van der Waals surface area contributed by atoms with E-state index in [9.17, 15) is 22.8 Å². The Kier molecular flexibility index (Phi) is 5.61. The van der Waals surface area contributed by atoms with E-state index in [0.717, 1.165) is 41.8 Å². The molecule has 0 bridgehead atoms. The predicted octanol–water partition coefficient (Wildman–Crippen LogP) is 3.44. The lowest BCUT2D eigenvalue weighted by atomic mass is 10.1. The largest absolute Gasteiger partial charge is 0.416 e. The van der Waals surface area contributed by atoms with Crippen LogP contribution in [0.25, 0.3) is 10.2 Å². The van der Waals surface area contributed by atoms with Crippen molar-refractivity contribution in [3.05, 3.63) is 50.9 Å². The van der Waals surface area contributed by atoms with E-state index in [0.29, 0.717) is 42.2 Å². The van der Waals surface area contributed by atoms with Crippen LogP contribution in [0.5, 0.6) is 0 Å². The van der Waals surface area contributed by atoms with Crippen molar-refractivity contribution in [3.8, 4) is 0 Å². The SMILES string of the molecule is O=C(Cn1cnc2sc3c(c2c1=O)CCC3)Nc1cc(C(F)(F)F)ccc1N1CCOCC1. The Labute approximate surface area is 190 Å². The van der Waals surface area contributed by atoms with Crippen LogP contribution in [0.1, 0.15) is 22.4 Å². The number of aromatic nitrogens is 2. The summed E-state index contributed by atoms with van der Waals surface area (Å²) < 4.78 is 46.5. The molecule has 1 fully saturated rings. The fourth-order valence-electron chi connectivity index (χ4n) is 4.37. The van der Waals surface area contributed by atoms with E-state index in [1.807, 2.05) is 4.90 Å². The Morgan fingerprint density at radius 1 is 1.21 bits per heavy atom. The third-order valence-electron chi connectivity index (χ3n) is 5.96. The van der Waals surface area contributed by atoms with Crippen LogP contribution in [0.2, 0.25) is 0 Å². The fourth-order valence-corrected chi connectivity index (χ4v) is 5.59. The standard InChI is InChI=1S/C22H21F3N4O3S/c23-22(24,25)13-4-5-16(28-6-8-32-9-7-28)15(10-13)27-18(30)11-29-12-26-20-19(21(29)31)14-2-1-3-17(14)33-20/h4-5,10,12H,1-3,6-9,11H2,(H,27,30). The first kappa shape index (κ1) is 21.9. The average Bonchev–Trinajstić information content (AvgIpc) is 3.37. The molecule has 1 amide bonds. The van der Waals surface area contributed by atoms with E-state index < -0.39 is 17.6 Å². The van der Waals surface area contributed by atoms with Gasteiger partial charge in [0.25, 0.3) is 5.56 Å². The molecule has 0 atom stereocenters. The Hall–Kier alpha value is -2.92. The number of morpholine rings is 1. The van der Waals surface area contributed by atoms with Crippen molar-refractivity contribution in [3.63, 3.8) is 0 Å². The molecule has 0 radical (unpaired) electrons. The molecule has 0 spiro atoms. The number of carbonyl (C=O) groups is 1. The van der Waals surface area contributed by atoms with Gasteiger partial charge in [-0.05, 0) is 43.0 Å². The topological polar surface area (TPSA) is 76.5 Å². The van der Waals surface area contributed by atoms with E-state index in [2.05, 4.69) is 10.3 Å². The van der Waals surface area contributed by atoms with Gasteiger partial charge in [-0.1, -0.05) is 0 Å². The van der Waals surface area contributed by atoms with Crippen LogP contribution in [0, 0.1) is 0 Å². The number of halogens is 3. The highest BCUT2D eigenvalue weighted by Gasteiger charge is 2.32. The molecule has 1 aromatic carbocycles. The number of carbonyl (C=O) groups excluding carboxylic acids is 1. The smallest absolute Gasteiger partial charge is 0.378 e. The molecule has 2 aromatic heterocycles. The lowest BCUT2D eigenvalue weighted by Gasteiger charge is -2.31. The van der Waals surface area contributed by atoms with Gasteiger partial charge in [0.05, 0.1) is 41.9 Å². The molecule has 0 saturated carbocycles. The third kappa shape index (κ3) is 4.22. The van der Waals surface area contributed by atoms with E-state index >= 15 is 0 Å². The lowest BCUT2D eigenvalue weighted by Crippen LogP contribution is -2.37. The van der Waals surface area contributed by atoms with Crippen LogP contribution in [0.4, 0.5) is 24.5 Å². The number of nitrogens with one attached hydrogen (secondary N) is 1. The number of aryl methyl sites for hydroxylation is 2. The summed E-state index contributed by atoms with van der Waals surface area (Å²) >= 11 is 1.51. The monoisotopic (exact) mass is 478 g/mol. The van der Waals surface area contributed by atoms with Crippen molar-refractivity contribution in [1.29, 1.82) is 0 Å². The molecule has 33 heavy (non-hydrogen) atoms. The second-order valence-corrected chi connectivity index (χ2v) is 9.18. The summed E-state index contributed by atoms with van der Waals surface area (Å²) in [7, 11) is 0. The van der Waals surface area contributed by atoms with Crippen molar-refractivity contribution < 1.29 is 22.7 Å². The minimum absolute atomic E-state index is 0.0511. The molecule has 1 saturated heterocycles. The number of ether oxygens (including phenoxy) is 1. The van der Waals surface area contributed by atoms with Crippen molar-refractivity contribution in [2.45, 2.75) is 32.0 Å². The maximum Gasteiger partial charge on any atom is 0.416 e. The van der Waals surface area contributed by atoms with Crippen molar-refractivity contribution >= 4 is 38.8 Å². The summed E-state index contributed by atoms with van der Waals surface area (Å²) in [4.78, 5) is 33.9. The molecule has 1 aliphatic heterocycles. The second kappa shape index (κ2) is 8.45. The zero-order valence-corrected chi connectivity index (χ0v) is 18.4. The predicted molar refractivity (Wildman–Crippen MR) is 119 cm³/mol. The first-order valence-electron chi connectivity index (χ1n) is 10.6. The van der Waals surface area contributed by atoms with E-state index in [4.69, 9.17) is 4.74 Å². The van der Waals surface area contributed by atoms with Crippen LogP contribution in [-0.2, 0) is 35.1 Å².